The van der Waals surface area contributed by atoms with Crippen molar-refractivity contribution in [2.45, 2.75) is 30.8 Å². The molecular weight excluding hydrogens is 278 g/mol. The quantitative estimate of drug-likeness (QED) is 0.881. The summed E-state index contributed by atoms with van der Waals surface area (Å²) in [6.45, 7) is 2.78. The normalized spacial score (nSPS) is 21.0. The zero-order valence-electron chi connectivity index (χ0n) is 11.7. The first-order chi connectivity index (χ1) is 9.57. The second-order valence-electron chi connectivity index (χ2n) is 4.93. The van der Waals surface area contributed by atoms with Crippen molar-refractivity contribution in [3.05, 3.63) is 29.8 Å². The minimum Gasteiger partial charge on any atom is -0.394 e. The number of sulfonamides is 1. The van der Waals surface area contributed by atoms with Crippen LogP contribution in [-0.4, -0.2) is 50.2 Å². The zero-order chi connectivity index (χ0) is 14.6. The molecule has 1 unspecified atom stereocenters. The smallest absolute Gasteiger partial charge is 0.243 e. The Morgan fingerprint density at radius 3 is 2.65 bits per heavy atom. The molecule has 0 amide bonds. The summed E-state index contributed by atoms with van der Waals surface area (Å²) in [5, 5.41) is 9.09. The van der Waals surface area contributed by atoms with Crippen molar-refractivity contribution in [2.24, 2.45) is 0 Å². The van der Waals surface area contributed by atoms with Crippen molar-refractivity contribution in [1.29, 1.82) is 0 Å². The Kier molecular flexibility index (Phi) is 5.15. The third-order valence-electron chi connectivity index (χ3n) is 3.40. The van der Waals surface area contributed by atoms with Gasteiger partial charge in [0.1, 0.15) is 0 Å². The summed E-state index contributed by atoms with van der Waals surface area (Å²) in [6.07, 6.45) is 1.55. The zero-order valence-corrected chi connectivity index (χ0v) is 12.5. The van der Waals surface area contributed by atoms with E-state index in [0.29, 0.717) is 18.0 Å². The largest absolute Gasteiger partial charge is 0.394 e. The van der Waals surface area contributed by atoms with E-state index in [2.05, 4.69) is 6.92 Å². The van der Waals surface area contributed by atoms with Crippen molar-refractivity contribution in [3.63, 3.8) is 0 Å². The van der Waals surface area contributed by atoms with Gasteiger partial charge in [-0.1, -0.05) is 25.5 Å². The molecular formula is C14H21NO4S. The monoisotopic (exact) mass is 299 g/mol. The maximum absolute atomic E-state index is 12.5. The van der Waals surface area contributed by atoms with Crippen molar-refractivity contribution in [2.75, 3.05) is 26.3 Å². The highest BCUT2D eigenvalue weighted by molar-refractivity contribution is 7.89. The molecule has 0 bridgehead atoms. The molecule has 112 valence electrons. The minimum absolute atomic E-state index is 0.165. The van der Waals surface area contributed by atoms with Crippen LogP contribution in [0.25, 0.3) is 0 Å². The lowest BCUT2D eigenvalue weighted by Crippen LogP contribution is -2.46. The van der Waals surface area contributed by atoms with E-state index in [-0.39, 0.29) is 13.2 Å². The van der Waals surface area contributed by atoms with Gasteiger partial charge in [0.05, 0.1) is 24.2 Å². The van der Waals surface area contributed by atoms with E-state index in [9.17, 15) is 8.42 Å². The lowest BCUT2D eigenvalue weighted by molar-refractivity contribution is -0.0304. The second kappa shape index (κ2) is 6.67. The Hall–Kier alpha value is -0.950. The van der Waals surface area contributed by atoms with Crippen molar-refractivity contribution in [1.82, 2.24) is 4.31 Å². The Morgan fingerprint density at radius 1 is 1.35 bits per heavy atom. The van der Waals surface area contributed by atoms with E-state index in [1.165, 1.54) is 4.31 Å². The van der Waals surface area contributed by atoms with E-state index in [4.69, 9.17) is 9.84 Å². The van der Waals surface area contributed by atoms with E-state index < -0.39 is 16.1 Å². The molecule has 1 fully saturated rings. The fraction of sp³-hybridized carbons (Fsp3) is 0.571. The number of aliphatic hydroxyl groups is 1. The summed E-state index contributed by atoms with van der Waals surface area (Å²) in [5.74, 6) is 0. The molecule has 1 aromatic carbocycles. The van der Waals surface area contributed by atoms with Gasteiger partial charge in [-0.3, -0.25) is 0 Å². The van der Waals surface area contributed by atoms with Crippen molar-refractivity contribution >= 4 is 10.0 Å². The summed E-state index contributed by atoms with van der Waals surface area (Å²) >= 11 is 0. The van der Waals surface area contributed by atoms with Crippen molar-refractivity contribution < 1.29 is 18.3 Å². The molecule has 1 aliphatic rings. The standard InChI is InChI=1S/C14H21NO4S/c1-2-3-12-4-6-14(7-5-12)20(17,18)15-8-9-19-13(10-15)11-16/h4-7,13,16H,2-3,8-11H2,1H3. The SMILES string of the molecule is CCCc1ccc(S(=O)(=O)N2CCOC(CO)C2)cc1. The van der Waals surface area contributed by atoms with Crippen LogP contribution in [0.15, 0.2) is 29.2 Å². The predicted molar refractivity (Wildman–Crippen MR) is 76.0 cm³/mol. The van der Waals surface area contributed by atoms with Crippen LogP contribution >= 0.6 is 0 Å². The highest BCUT2D eigenvalue weighted by atomic mass is 32.2. The van der Waals surface area contributed by atoms with Gasteiger partial charge >= 0.3 is 0 Å². The Morgan fingerprint density at radius 2 is 2.05 bits per heavy atom. The summed E-state index contributed by atoms with van der Waals surface area (Å²) < 4.78 is 31.7. The van der Waals surface area contributed by atoms with Gasteiger partial charge in [0, 0.05) is 13.1 Å². The molecule has 0 aliphatic carbocycles. The number of aryl methyl sites for hydroxylation is 1. The van der Waals surface area contributed by atoms with Crippen LogP contribution in [0.4, 0.5) is 0 Å². The molecule has 0 saturated carbocycles. The van der Waals surface area contributed by atoms with E-state index in [0.717, 1.165) is 18.4 Å². The molecule has 1 atom stereocenters. The third-order valence-corrected chi connectivity index (χ3v) is 5.28. The molecule has 0 spiro atoms. The van der Waals surface area contributed by atoms with Crippen LogP contribution in [-0.2, 0) is 21.2 Å². The van der Waals surface area contributed by atoms with Gasteiger partial charge in [0.15, 0.2) is 0 Å². The molecule has 5 nitrogen and oxygen atoms in total. The van der Waals surface area contributed by atoms with Crippen LogP contribution in [0, 0.1) is 0 Å². The van der Waals surface area contributed by atoms with Gasteiger partial charge in [0.2, 0.25) is 10.0 Å². The van der Waals surface area contributed by atoms with Crippen LogP contribution in [0.1, 0.15) is 18.9 Å². The first-order valence-corrected chi connectivity index (χ1v) is 8.33. The molecule has 2 rings (SSSR count). The van der Waals surface area contributed by atoms with Crippen LogP contribution in [0.2, 0.25) is 0 Å². The average Bonchev–Trinajstić information content (AvgIpc) is 2.48. The van der Waals surface area contributed by atoms with Gasteiger partial charge < -0.3 is 9.84 Å². The Balaban J connectivity index is 2.16. The molecule has 1 heterocycles. The number of nitrogens with zero attached hydrogens (tertiary/aromatic N) is 1. The fourth-order valence-electron chi connectivity index (χ4n) is 2.29. The van der Waals surface area contributed by atoms with Crippen LogP contribution in [0.3, 0.4) is 0 Å². The molecule has 1 aromatic rings. The maximum Gasteiger partial charge on any atom is 0.243 e. The molecule has 0 aromatic heterocycles. The van der Waals surface area contributed by atoms with Gasteiger partial charge in [-0.05, 0) is 24.1 Å². The highest BCUT2D eigenvalue weighted by Gasteiger charge is 2.30. The summed E-state index contributed by atoms with van der Waals surface area (Å²) in [7, 11) is -3.49. The minimum atomic E-state index is -3.49. The molecule has 20 heavy (non-hydrogen) atoms. The number of hydrogen-bond acceptors (Lipinski definition) is 4. The van der Waals surface area contributed by atoms with Crippen molar-refractivity contribution in [3.8, 4) is 0 Å². The lowest BCUT2D eigenvalue weighted by Gasteiger charge is -2.31. The van der Waals surface area contributed by atoms with E-state index in [1.807, 2.05) is 12.1 Å². The third kappa shape index (κ3) is 3.38. The Labute approximate surface area is 120 Å². The van der Waals surface area contributed by atoms with Gasteiger partial charge in [-0.15, -0.1) is 0 Å². The number of benzene rings is 1. The summed E-state index contributed by atoms with van der Waals surface area (Å²) in [6, 6.07) is 7.04. The molecule has 1 N–H and O–H groups in total. The number of ether oxygens (including phenoxy) is 1. The number of morpholine rings is 1. The van der Waals surface area contributed by atoms with Gasteiger partial charge in [0.25, 0.3) is 0 Å². The first-order valence-electron chi connectivity index (χ1n) is 6.89. The number of rotatable bonds is 5. The Bertz CT molecular complexity index is 527. The predicted octanol–water partition coefficient (Wildman–Crippen LogP) is 1.02. The topological polar surface area (TPSA) is 66.8 Å². The fourth-order valence-corrected chi connectivity index (χ4v) is 3.74. The molecule has 1 saturated heterocycles. The highest BCUT2D eigenvalue weighted by Crippen LogP contribution is 2.19. The van der Waals surface area contributed by atoms with Crippen LogP contribution in [0.5, 0.6) is 0 Å². The lowest BCUT2D eigenvalue weighted by atomic mass is 10.1. The van der Waals surface area contributed by atoms with E-state index >= 15 is 0 Å². The summed E-state index contributed by atoms with van der Waals surface area (Å²) in [4.78, 5) is 0.302. The van der Waals surface area contributed by atoms with Gasteiger partial charge in [-0.2, -0.15) is 4.31 Å². The number of hydrogen-bond donors (Lipinski definition) is 1. The maximum atomic E-state index is 12.5. The van der Waals surface area contributed by atoms with Crippen LogP contribution < -0.4 is 0 Å². The first kappa shape index (κ1) is 15.4. The summed E-state index contributed by atoms with van der Waals surface area (Å²) in [5.41, 5.74) is 1.14. The average molecular weight is 299 g/mol. The van der Waals surface area contributed by atoms with Gasteiger partial charge in [-0.25, -0.2) is 8.42 Å². The van der Waals surface area contributed by atoms with E-state index in [1.54, 1.807) is 12.1 Å². The molecule has 6 heteroatoms. The second-order valence-corrected chi connectivity index (χ2v) is 6.87. The molecule has 1 aliphatic heterocycles. The number of aliphatic hydroxyl groups excluding tert-OH is 1. The molecule has 0 radical (unpaired) electrons.